The Morgan fingerprint density at radius 1 is 1.18 bits per heavy atom. The monoisotopic (exact) mass is 401 g/mol. The number of aromatic nitrogens is 3. The molecule has 1 saturated carbocycles. The molecule has 1 fully saturated rings. The Balaban J connectivity index is 1.64. The molecule has 2 aromatic heterocycles. The van der Waals surface area contributed by atoms with Gasteiger partial charge in [0, 0.05) is 30.9 Å². The van der Waals surface area contributed by atoms with Gasteiger partial charge in [-0.15, -0.1) is 0 Å². The topological polar surface area (TPSA) is 100 Å². The Morgan fingerprint density at radius 3 is 2.71 bits per heavy atom. The van der Waals surface area contributed by atoms with Crippen molar-refractivity contribution in [3.05, 3.63) is 42.7 Å². The number of aliphatic hydroxyl groups excluding tert-OH is 1. The molecule has 2 N–H and O–H groups in total. The van der Waals surface area contributed by atoms with Gasteiger partial charge in [-0.1, -0.05) is 6.07 Å². The van der Waals surface area contributed by atoms with Gasteiger partial charge in [0.15, 0.2) is 0 Å². The predicted molar refractivity (Wildman–Crippen MR) is 109 cm³/mol. The second kappa shape index (κ2) is 7.76. The van der Waals surface area contributed by atoms with Gasteiger partial charge in [0.2, 0.25) is 16.8 Å². The number of thiol groups is 1. The third-order valence-electron chi connectivity index (χ3n) is 5.22. The van der Waals surface area contributed by atoms with E-state index in [-0.39, 0.29) is 12.1 Å². The van der Waals surface area contributed by atoms with Gasteiger partial charge in [-0.2, -0.15) is 4.98 Å². The van der Waals surface area contributed by atoms with E-state index in [0.717, 1.165) is 36.6 Å². The first kappa shape index (κ1) is 18.7. The van der Waals surface area contributed by atoms with E-state index in [9.17, 15) is 13.5 Å². The number of anilines is 2. The van der Waals surface area contributed by atoms with Gasteiger partial charge in [0.25, 0.3) is 0 Å². The molecule has 3 aromatic rings. The van der Waals surface area contributed by atoms with E-state index in [4.69, 9.17) is 0 Å². The molecular weight excluding hydrogens is 378 g/mol. The molecule has 0 unspecified atom stereocenters. The average molecular weight is 401 g/mol. The number of nitrogens with one attached hydrogen (secondary N) is 1. The number of rotatable bonds is 5. The maximum Gasteiger partial charge on any atom is 0.224 e. The average Bonchev–Trinajstić information content (AvgIpc) is 3.13. The molecule has 0 spiro atoms. The lowest BCUT2D eigenvalue weighted by Gasteiger charge is -2.26. The molecule has 0 atom stereocenters. The van der Waals surface area contributed by atoms with Gasteiger partial charge < -0.3 is 15.0 Å². The van der Waals surface area contributed by atoms with Gasteiger partial charge in [-0.05, 0) is 49.9 Å². The second-order valence-electron chi connectivity index (χ2n) is 7.05. The quantitative estimate of drug-likeness (QED) is 0.566. The van der Waals surface area contributed by atoms with Crippen LogP contribution in [0.4, 0.5) is 11.6 Å². The van der Waals surface area contributed by atoms with Crippen molar-refractivity contribution in [3.63, 3.8) is 0 Å². The fourth-order valence-corrected chi connectivity index (χ4v) is 4.03. The molecule has 0 amide bonds. The summed E-state index contributed by atoms with van der Waals surface area (Å²) < 4.78 is 25.9. The zero-order valence-electron chi connectivity index (χ0n) is 15.5. The van der Waals surface area contributed by atoms with Crippen molar-refractivity contribution < 1.29 is 13.5 Å². The van der Waals surface area contributed by atoms with Crippen LogP contribution in [0.15, 0.2) is 42.7 Å². The van der Waals surface area contributed by atoms with E-state index in [1.54, 1.807) is 12.3 Å². The van der Waals surface area contributed by atoms with E-state index < -0.39 is 10.9 Å². The summed E-state index contributed by atoms with van der Waals surface area (Å²) in [4.78, 5) is 8.96. The number of fused-ring (bicyclic) bond motifs is 1. The van der Waals surface area contributed by atoms with Crippen LogP contribution in [0.3, 0.4) is 0 Å². The summed E-state index contributed by atoms with van der Waals surface area (Å²) in [6.45, 7) is 0. The van der Waals surface area contributed by atoms with Crippen molar-refractivity contribution in [1.82, 2.24) is 14.5 Å². The molecule has 148 valence electrons. The molecule has 4 rings (SSSR count). The Labute approximate surface area is 164 Å². The molecule has 0 radical (unpaired) electrons. The van der Waals surface area contributed by atoms with Crippen molar-refractivity contribution in [1.29, 1.82) is 0 Å². The fraction of sp³-hybridized carbons (Fsp3) is 0.368. The molecule has 8 nitrogen and oxygen atoms in total. The molecule has 9 heteroatoms. The zero-order chi connectivity index (χ0) is 19.7. The largest absolute Gasteiger partial charge is 0.393 e. The first-order valence-corrected chi connectivity index (χ1v) is 10.4. The number of benzene rings is 1. The van der Waals surface area contributed by atoms with Crippen molar-refractivity contribution in [2.75, 3.05) is 16.7 Å². The van der Waals surface area contributed by atoms with Crippen LogP contribution in [0.5, 0.6) is 0 Å². The first-order chi connectivity index (χ1) is 13.5. The highest BCUT2D eigenvalue weighted by molar-refractivity contribution is 7.74. The SMILES string of the molecule is CN(c1cccc2c1ccn2-c1ccnc(NC2CCC(O)CC2)n1)[SH](=O)=O. The Bertz CT molecular complexity index is 1050. The summed E-state index contributed by atoms with van der Waals surface area (Å²) in [6.07, 6.45) is 6.75. The van der Waals surface area contributed by atoms with Crippen molar-refractivity contribution in [2.24, 2.45) is 0 Å². The van der Waals surface area contributed by atoms with Crippen LogP contribution >= 0.6 is 0 Å². The van der Waals surface area contributed by atoms with Crippen LogP contribution in [0.2, 0.25) is 0 Å². The number of hydrogen-bond acceptors (Lipinski definition) is 6. The molecule has 2 heterocycles. The van der Waals surface area contributed by atoms with Crippen LogP contribution in [0.25, 0.3) is 16.7 Å². The highest BCUT2D eigenvalue weighted by Crippen LogP contribution is 2.29. The van der Waals surface area contributed by atoms with Gasteiger partial charge in [-0.3, -0.25) is 4.31 Å². The lowest BCUT2D eigenvalue weighted by Crippen LogP contribution is -2.29. The summed E-state index contributed by atoms with van der Waals surface area (Å²) in [5, 5.41) is 13.8. The second-order valence-corrected chi connectivity index (χ2v) is 8.12. The summed E-state index contributed by atoms with van der Waals surface area (Å²) in [5.41, 5.74) is 1.49. The van der Waals surface area contributed by atoms with E-state index >= 15 is 0 Å². The van der Waals surface area contributed by atoms with Gasteiger partial charge in [-0.25, -0.2) is 13.4 Å². The molecule has 0 saturated heterocycles. The molecule has 28 heavy (non-hydrogen) atoms. The normalized spacial score (nSPS) is 19.8. The minimum absolute atomic E-state index is 0.201. The standard InChI is InChI=1S/C19H23N5O3S/c1-23(28(26)27)16-3-2-4-17-15(16)10-12-24(17)18-9-11-20-19(22-18)21-13-5-7-14(25)8-6-13/h2-4,9-14,25,28H,5-8H2,1H3,(H,20,21,22). The molecule has 1 aliphatic carbocycles. The molecule has 0 aliphatic heterocycles. The van der Waals surface area contributed by atoms with Crippen LogP contribution in [0, 0.1) is 0 Å². The van der Waals surface area contributed by atoms with E-state index in [1.807, 2.05) is 35.0 Å². The maximum atomic E-state index is 11.4. The highest BCUT2D eigenvalue weighted by Gasteiger charge is 2.20. The number of aliphatic hydroxyl groups is 1. The van der Waals surface area contributed by atoms with Crippen LogP contribution in [-0.4, -0.2) is 47.3 Å². The van der Waals surface area contributed by atoms with E-state index in [1.165, 1.54) is 11.4 Å². The highest BCUT2D eigenvalue weighted by atomic mass is 32.2. The summed E-state index contributed by atoms with van der Waals surface area (Å²) in [7, 11) is -1.17. The van der Waals surface area contributed by atoms with Gasteiger partial charge in [0.1, 0.15) is 5.82 Å². The third kappa shape index (κ3) is 3.67. The Morgan fingerprint density at radius 2 is 1.96 bits per heavy atom. The zero-order valence-corrected chi connectivity index (χ0v) is 16.4. The fourth-order valence-electron chi connectivity index (χ4n) is 3.68. The van der Waals surface area contributed by atoms with E-state index in [0.29, 0.717) is 17.5 Å². The summed E-state index contributed by atoms with van der Waals surface area (Å²) in [6, 6.07) is 9.51. The lowest BCUT2D eigenvalue weighted by molar-refractivity contribution is 0.126. The van der Waals surface area contributed by atoms with E-state index in [2.05, 4.69) is 15.3 Å². The van der Waals surface area contributed by atoms with Crippen molar-refractivity contribution >= 4 is 33.4 Å². The predicted octanol–water partition coefficient (Wildman–Crippen LogP) is 2.10. The molecule has 1 aromatic carbocycles. The minimum atomic E-state index is -2.70. The number of hydrogen-bond donors (Lipinski definition) is 3. The molecular formula is C19H23N5O3S. The van der Waals surface area contributed by atoms with Crippen molar-refractivity contribution in [2.45, 2.75) is 37.8 Å². The lowest BCUT2D eigenvalue weighted by atomic mass is 9.93. The van der Waals surface area contributed by atoms with Crippen LogP contribution in [-0.2, 0) is 10.9 Å². The van der Waals surface area contributed by atoms with Crippen molar-refractivity contribution in [3.8, 4) is 5.82 Å². The van der Waals surface area contributed by atoms with Gasteiger partial charge >= 0.3 is 0 Å². The minimum Gasteiger partial charge on any atom is -0.393 e. The first-order valence-electron chi connectivity index (χ1n) is 9.29. The third-order valence-corrected chi connectivity index (χ3v) is 5.93. The Hall–Kier alpha value is -2.65. The van der Waals surface area contributed by atoms with Crippen LogP contribution in [0.1, 0.15) is 25.7 Å². The molecule has 1 aliphatic rings. The summed E-state index contributed by atoms with van der Waals surface area (Å²) in [5.74, 6) is 1.26. The maximum absolute atomic E-state index is 11.4. The Kier molecular flexibility index (Phi) is 5.19. The van der Waals surface area contributed by atoms with Gasteiger partial charge in [0.05, 0.1) is 17.3 Å². The molecule has 0 bridgehead atoms. The summed E-state index contributed by atoms with van der Waals surface area (Å²) >= 11 is 0. The van der Waals surface area contributed by atoms with Crippen LogP contribution < -0.4 is 9.62 Å². The smallest absolute Gasteiger partial charge is 0.224 e. The number of nitrogens with zero attached hydrogens (tertiary/aromatic N) is 4.